The molecule has 0 spiro atoms. The molecule has 0 bridgehead atoms. The Hall–Kier alpha value is -2.46. The van der Waals surface area contributed by atoms with Gasteiger partial charge in [-0.3, -0.25) is 25.0 Å². The number of quaternary nitrogens is 1. The average Bonchev–Trinajstić information content (AvgIpc) is 3.36. The first-order valence-electron chi connectivity index (χ1n) is 11.5. The zero-order chi connectivity index (χ0) is 23.3. The van der Waals surface area contributed by atoms with E-state index in [0.29, 0.717) is 12.0 Å². The van der Waals surface area contributed by atoms with E-state index in [2.05, 4.69) is 16.0 Å². The number of hydrogen-bond acceptors (Lipinski definition) is 7. The third-order valence-electron chi connectivity index (χ3n) is 6.21. The van der Waals surface area contributed by atoms with Crippen molar-refractivity contribution in [1.29, 1.82) is 0 Å². The molecule has 2 saturated heterocycles. The number of nitrogens with one attached hydrogen (secondary N) is 3. The van der Waals surface area contributed by atoms with E-state index in [9.17, 15) is 9.59 Å². The van der Waals surface area contributed by atoms with Crippen LogP contribution in [0.1, 0.15) is 42.1 Å². The fourth-order valence-electron chi connectivity index (χ4n) is 4.52. The van der Waals surface area contributed by atoms with Crippen LogP contribution in [0.25, 0.3) is 0 Å². The van der Waals surface area contributed by atoms with Gasteiger partial charge in [-0.05, 0) is 26.8 Å². The maximum atomic E-state index is 13.0. The first-order valence-corrected chi connectivity index (χ1v) is 11.5. The maximum Gasteiger partial charge on any atom is 0.243 e. The molecular formula is C25H33N4O4+. The van der Waals surface area contributed by atoms with Crippen molar-refractivity contribution in [3.05, 3.63) is 71.8 Å². The number of carbonyl (C=O) groups excluding carboxylic acids is 2. The lowest BCUT2D eigenvalue weighted by Crippen LogP contribution is -2.96. The summed E-state index contributed by atoms with van der Waals surface area (Å²) in [7, 11) is 1.89. The highest BCUT2D eigenvalue weighted by molar-refractivity contribution is 5.98. The van der Waals surface area contributed by atoms with Crippen molar-refractivity contribution >= 4 is 11.6 Å². The van der Waals surface area contributed by atoms with Crippen molar-refractivity contribution in [2.45, 2.75) is 56.8 Å². The first kappa shape index (κ1) is 23.7. The van der Waals surface area contributed by atoms with Gasteiger partial charge in [0.15, 0.2) is 0 Å². The third kappa shape index (κ3) is 5.38. The van der Waals surface area contributed by atoms with Gasteiger partial charge in [-0.2, -0.15) is 0 Å². The topological polar surface area (TPSA) is 105 Å². The second-order valence-electron chi connectivity index (χ2n) is 8.64. The number of ketones is 2. The molecule has 2 fully saturated rings. The van der Waals surface area contributed by atoms with Gasteiger partial charge in [-0.1, -0.05) is 60.7 Å². The Morgan fingerprint density at radius 3 is 2.48 bits per heavy atom. The summed E-state index contributed by atoms with van der Waals surface area (Å²) in [5, 5.41) is 12.2. The Morgan fingerprint density at radius 2 is 1.82 bits per heavy atom. The Bertz CT molecular complexity index is 942. The van der Waals surface area contributed by atoms with E-state index >= 15 is 0 Å². The van der Waals surface area contributed by atoms with Crippen LogP contribution in [-0.2, 0) is 20.0 Å². The standard InChI is InChI=1S/C25H32N4O4/c1-17(30)16-20(26-2)14-9-15-27-24-28-23-25(29-24,19-12-7-4-8-13-19)33-22(32-23)21(31)18-10-5-3-6-11-18/h3-8,10-13,20,22-24,26-29H,9,14-16H2,1-2H3/p+1. The van der Waals surface area contributed by atoms with Crippen LogP contribution >= 0.6 is 0 Å². The molecule has 5 N–H and O–H groups in total. The van der Waals surface area contributed by atoms with Crippen molar-refractivity contribution < 1.29 is 24.4 Å². The van der Waals surface area contributed by atoms with E-state index in [1.807, 2.05) is 60.9 Å². The van der Waals surface area contributed by atoms with Gasteiger partial charge in [-0.15, -0.1) is 0 Å². The molecule has 0 aromatic heterocycles. The van der Waals surface area contributed by atoms with Crippen molar-refractivity contribution in [2.75, 3.05) is 13.6 Å². The fraction of sp³-hybridized carbons (Fsp3) is 0.440. The summed E-state index contributed by atoms with van der Waals surface area (Å²) < 4.78 is 12.4. The quantitative estimate of drug-likeness (QED) is 0.295. The molecule has 5 unspecified atom stereocenters. The highest BCUT2D eigenvalue weighted by Gasteiger charge is 2.62. The lowest BCUT2D eigenvalue weighted by molar-refractivity contribution is -0.742. The zero-order valence-corrected chi connectivity index (χ0v) is 19.1. The normalized spacial score (nSPS) is 27.3. The van der Waals surface area contributed by atoms with E-state index in [1.165, 1.54) is 0 Å². The van der Waals surface area contributed by atoms with Crippen LogP contribution in [0.2, 0.25) is 0 Å². The Labute approximate surface area is 194 Å². The predicted octanol–water partition coefficient (Wildman–Crippen LogP) is 0.808. The summed E-state index contributed by atoms with van der Waals surface area (Å²) >= 11 is 0. The van der Waals surface area contributed by atoms with Crippen LogP contribution in [0.4, 0.5) is 0 Å². The molecule has 5 atom stereocenters. The van der Waals surface area contributed by atoms with Gasteiger partial charge in [0.25, 0.3) is 0 Å². The third-order valence-corrected chi connectivity index (χ3v) is 6.21. The van der Waals surface area contributed by atoms with E-state index in [4.69, 9.17) is 9.47 Å². The van der Waals surface area contributed by atoms with Gasteiger partial charge in [-0.25, -0.2) is 5.32 Å². The molecule has 2 heterocycles. The minimum Gasteiger partial charge on any atom is -0.317 e. The van der Waals surface area contributed by atoms with Crippen LogP contribution in [0, 0.1) is 0 Å². The molecule has 2 aromatic rings. The number of fused-ring (bicyclic) bond motifs is 1. The molecule has 4 rings (SSSR count). The summed E-state index contributed by atoms with van der Waals surface area (Å²) in [4.78, 5) is 24.4. The smallest absolute Gasteiger partial charge is 0.243 e. The van der Waals surface area contributed by atoms with Gasteiger partial charge < -0.3 is 10.1 Å². The molecule has 176 valence electrons. The number of nitrogens with two attached hydrogens (primary N) is 1. The monoisotopic (exact) mass is 453 g/mol. The summed E-state index contributed by atoms with van der Waals surface area (Å²) in [6.45, 7) is 2.39. The van der Waals surface area contributed by atoms with Gasteiger partial charge in [0.2, 0.25) is 30.3 Å². The molecular weight excluding hydrogens is 420 g/mol. The minimum atomic E-state index is -0.981. The van der Waals surface area contributed by atoms with Crippen molar-refractivity contribution in [3.8, 4) is 0 Å². The lowest BCUT2D eigenvalue weighted by atomic mass is 10.0. The molecule has 2 aliphatic heterocycles. The van der Waals surface area contributed by atoms with Crippen molar-refractivity contribution in [3.63, 3.8) is 0 Å². The lowest BCUT2D eigenvalue weighted by Gasteiger charge is -2.25. The van der Waals surface area contributed by atoms with Crippen molar-refractivity contribution in [1.82, 2.24) is 16.0 Å². The fourth-order valence-corrected chi connectivity index (χ4v) is 4.52. The van der Waals surface area contributed by atoms with Crippen LogP contribution in [0.5, 0.6) is 0 Å². The first-order chi connectivity index (χ1) is 16.0. The maximum absolute atomic E-state index is 13.0. The Kier molecular flexibility index (Phi) is 7.64. The number of rotatable bonds is 11. The van der Waals surface area contributed by atoms with Gasteiger partial charge in [0.05, 0.1) is 0 Å². The summed E-state index contributed by atoms with van der Waals surface area (Å²) in [6.07, 6.45) is 0.836. The molecule has 2 aromatic carbocycles. The van der Waals surface area contributed by atoms with Crippen LogP contribution in [0.3, 0.4) is 0 Å². The largest absolute Gasteiger partial charge is 0.317 e. The summed E-state index contributed by atoms with van der Waals surface area (Å²) in [5.74, 6) is 0.00299. The molecule has 0 saturated carbocycles. The van der Waals surface area contributed by atoms with Gasteiger partial charge in [0.1, 0.15) is 5.78 Å². The van der Waals surface area contributed by atoms with E-state index in [0.717, 1.165) is 24.9 Å². The Morgan fingerprint density at radius 1 is 1.12 bits per heavy atom. The molecule has 8 heteroatoms. The van der Waals surface area contributed by atoms with Crippen molar-refractivity contribution in [2.24, 2.45) is 0 Å². The van der Waals surface area contributed by atoms with E-state index in [-0.39, 0.29) is 23.9 Å². The second-order valence-corrected chi connectivity index (χ2v) is 8.64. The molecule has 2 aliphatic rings. The van der Waals surface area contributed by atoms with Gasteiger partial charge >= 0.3 is 0 Å². The molecule has 33 heavy (non-hydrogen) atoms. The number of ether oxygens (including phenoxy) is 2. The average molecular weight is 454 g/mol. The molecule has 0 radical (unpaired) electrons. The zero-order valence-electron chi connectivity index (χ0n) is 19.1. The number of hydrogen-bond donors (Lipinski definition) is 4. The highest BCUT2D eigenvalue weighted by Crippen LogP contribution is 2.37. The molecule has 0 aliphatic carbocycles. The van der Waals surface area contributed by atoms with Crippen LogP contribution < -0.4 is 21.3 Å². The van der Waals surface area contributed by atoms with Crippen LogP contribution in [0.15, 0.2) is 60.7 Å². The number of benzene rings is 2. The number of carbonyl (C=O) groups is 2. The van der Waals surface area contributed by atoms with E-state index in [1.54, 1.807) is 19.1 Å². The molecule has 0 amide bonds. The SMILES string of the molecule is CNC(CCCNC1NC2(c3ccccc3)OC(C(=O)c3ccccc3)OC2[NH2+]1)CC(C)=O. The van der Waals surface area contributed by atoms with E-state index < -0.39 is 18.2 Å². The molecule has 8 nitrogen and oxygen atoms in total. The Balaban J connectivity index is 1.40. The highest BCUT2D eigenvalue weighted by atomic mass is 16.8. The number of Topliss-reactive ketones (excluding diaryl/α,β-unsaturated/α-hetero) is 2. The second kappa shape index (κ2) is 10.6. The summed E-state index contributed by atoms with van der Waals surface area (Å²) in [6, 6.07) is 19.1. The minimum absolute atomic E-state index is 0.135. The van der Waals surface area contributed by atoms with Crippen LogP contribution in [-0.4, -0.2) is 50.0 Å². The predicted molar refractivity (Wildman–Crippen MR) is 123 cm³/mol. The van der Waals surface area contributed by atoms with Gasteiger partial charge in [0, 0.05) is 30.1 Å². The summed E-state index contributed by atoms with van der Waals surface area (Å²) in [5.41, 5.74) is 0.538.